The molecule has 8 heteroatoms. The third-order valence-corrected chi connectivity index (χ3v) is 8.02. The Kier molecular flexibility index (Phi) is 6.72. The average molecular weight is 463 g/mol. The summed E-state index contributed by atoms with van der Waals surface area (Å²) in [5.74, 6) is 0.104. The molecule has 1 saturated carbocycles. The zero-order valence-electron chi connectivity index (χ0n) is 17.3. The zero-order valence-corrected chi connectivity index (χ0v) is 18.9. The summed E-state index contributed by atoms with van der Waals surface area (Å²) in [6.07, 6.45) is 7.38. The van der Waals surface area contributed by atoms with Crippen LogP contribution >= 0.6 is 11.6 Å². The van der Waals surface area contributed by atoms with Crippen LogP contribution in [-0.2, 0) is 21.2 Å². The Morgan fingerprint density at radius 3 is 2.58 bits per heavy atom. The van der Waals surface area contributed by atoms with Gasteiger partial charge in [0.25, 0.3) is 15.9 Å². The van der Waals surface area contributed by atoms with Gasteiger partial charge in [0.2, 0.25) is 0 Å². The fourth-order valence-corrected chi connectivity index (χ4v) is 6.11. The van der Waals surface area contributed by atoms with Crippen LogP contribution in [0.25, 0.3) is 0 Å². The maximum absolute atomic E-state index is 13.1. The smallest absolute Gasteiger partial charge is 0.264 e. The molecule has 0 unspecified atom stereocenters. The second-order valence-electron chi connectivity index (χ2n) is 8.09. The number of para-hydroxylation sites is 1. The molecule has 0 bridgehead atoms. The SMILES string of the molecule is O=C(COc1ccc(S(=O)(=O)N2CCc3ccccc32)cc1Cl)NC1CCCCCC1. The molecule has 1 aliphatic heterocycles. The predicted octanol–water partition coefficient (Wildman–Crippen LogP) is 4.31. The topological polar surface area (TPSA) is 75.7 Å². The molecule has 6 nitrogen and oxygen atoms in total. The van der Waals surface area contributed by atoms with Gasteiger partial charge in [0.15, 0.2) is 6.61 Å². The first-order valence-corrected chi connectivity index (χ1v) is 12.6. The van der Waals surface area contributed by atoms with Gasteiger partial charge < -0.3 is 10.1 Å². The van der Waals surface area contributed by atoms with E-state index in [9.17, 15) is 13.2 Å². The number of carbonyl (C=O) groups excluding carboxylic acids is 1. The first-order valence-electron chi connectivity index (χ1n) is 10.8. The molecule has 2 aromatic rings. The molecular weight excluding hydrogens is 436 g/mol. The van der Waals surface area contributed by atoms with Crippen molar-refractivity contribution >= 4 is 33.2 Å². The number of amides is 1. The summed E-state index contributed by atoms with van der Waals surface area (Å²) in [4.78, 5) is 12.3. The van der Waals surface area contributed by atoms with Crippen LogP contribution in [0.15, 0.2) is 47.4 Å². The number of carbonyl (C=O) groups is 1. The fourth-order valence-electron chi connectivity index (χ4n) is 4.28. The van der Waals surface area contributed by atoms with Gasteiger partial charge in [0, 0.05) is 12.6 Å². The molecule has 2 aromatic carbocycles. The van der Waals surface area contributed by atoms with Crippen molar-refractivity contribution in [2.45, 2.75) is 55.9 Å². The number of rotatable bonds is 6. The number of benzene rings is 2. The summed E-state index contributed by atoms with van der Waals surface area (Å²) < 4.78 is 33.3. The molecule has 0 aromatic heterocycles. The minimum absolute atomic E-state index is 0.101. The van der Waals surface area contributed by atoms with E-state index in [4.69, 9.17) is 16.3 Å². The standard InChI is InChI=1S/C23H27ClN2O4S/c24-20-15-19(31(28,29)26-14-13-17-7-5-6-10-21(17)26)11-12-22(20)30-16-23(27)25-18-8-3-1-2-4-9-18/h5-7,10-12,15,18H,1-4,8-9,13-14,16H2,(H,25,27). The molecule has 31 heavy (non-hydrogen) atoms. The van der Waals surface area contributed by atoms with E-state index in [1.165, 1.54) is 35.3 Å². The van der Waals surface area contributed by atoms with Crippen molar-refractivity contribution < 1.29 is 17.9 Å². The van der Waals surface area contributed by atoms with Crippen molar-refractivity contribution in [1.29, 1.82) is 0 Å². The van der Waals surface area contributed by atoms with Crippen LogP contribution in [0.4, 0.5) is 5.69 Å². The van der Waals surface area contributed by atoms with E-state index in [0.29, 0.717) is 24.4 Å². The number of sulfonamides is 1. The predicted molar refractivity (Wildman–Crippen MR) is 121 cm³/mol. The van der Waals surface area contributed by atoms with Crippen LogP contribution in [-0.4, -0.2) is 33.5 Å². The summed E-state index contributed by atoms with van der Waals surface area (Å²) in [6.45, 7) is 0.251. The number of anilines is 1. The average Bonchev–Trinajstić information content (AvgIpc) is 3.04. The fraction of sp³-hybridized carbons (Fsp3) is 0.435. The van der Waals surface area contributed by atoms with Gasteiger partial charge in [-0.3, -0.25) is 9.10 Å². The molecule has 2 aliphatic rings. The van der Waals surface area contributed by atoms with Gasteiger partial charge >= 0.3 is 0 Å². The maximum Gasteiger partial charge on any atom is 0.264 e. The molecule has 0 radical (unpaired) electrons. The summed E-state index contributed by atoms with van der Waals surface area (Å²) >= 11 is 6.30. The van der Waals surface area contributed by atoms with Gasteiger partial charge in [0.05, 0.1) is 15.6 Å². The van der Waals surface area contributed by atoms with Crippen LogP contribution in [0.5, 0.6) is 5.75 Å². The summed E-state index contributed by atoms with van der Waals surface area (Å²) in [5, 5.41) is 3.18. The number of hydrogen-bond acceptors (Lipinski definition) is 4. The highest BCUT2D eigenvalue weighted by atomic mass is 35.5. The van der Waals surface area contributed by atoms with Gasteiger partial charge in [-0.2, -0.15) is 0 Å². The van der Waals surface area contributed by atoms with E-state index >= 15 is 0 Å². The lowest BCUT2D eigenvalue weighted by molar-refractivity contribution is -0.123. The lowest BCUT2D eigenvalue weighted by Crippen LogP contribution is -2.37. The van der Waals surface area contributed by atoms with Gasteiger partial charge in [-0.15, -0.1) is 0 Å². The van der Waals surface area contributed by atoms with Crippen LogP contribution in [0.1, 0.15) is 44.1 Å². The molecule has 0 spiro atoms. The Balaban J connectivity index is 1.40. The maximum atomic E-state index is 13.1. The Morgan fingerprint density at radius 1 is 1.10 bits per heavy atom. The molecule has 1 fully saturated rings. The first-order chi connectivity index (χ1) is 14.9. The monoisotopic (exact) mass is 462 g/mol. The van der Waals surface area contributed by atoms with Gasteiger partial charge in [-0.25, -0.2) is 8.42 Å². The van der Waals surface area contributed by atoms with Crippen molar-refractivity contribution in [1.82, 2.24) is 5.32 Å². The molecule has 0 atom stereocenters. The van der Waals surface area contributed by atoms with Crippen LogP contribution in [0, 0.1) is 0 Å². The Hall–Kier alpha value is -2.25. The highest BCUT2D eigenvalue weighted by molar-refractivity contribution is 7.92. The third-order valence-electron chi connectivity index (χ3n) is 5.91. The molecule has 1 aliphatic carbocycles. The molecule has 1 N–H and O–H groups in total. The third kappa shape index (κ3) is 4.99. The highest BCUT2D eigenvalue weighted by Gasteiger charge is 2.31. The lowest BCUT2D eigenvalue weighted by Gasteiger charge is -2.20. The number of fused-ring (bicyclic) bond motifs is 1. The van der Waals surface area contributed by atoms with Crippen LogP contribution < -0.4 is 14.4 Å². The number of nitrogens with one attached hydrogen (secondary N) is 1. The van der Waals surface area contributed by atoms with Gasteiger partial charge in [-0.05, 0) is 49.1 Å². The van der Waals surface area contributed by atoms with Crippen LogP contribution in [0.2, 0.25) is 5.02 Å². The van der Waals surface area contributed by atoms with Crippen molar-refractivity contribution in [2.75, 3.05) is 17.5 Å². The second-order valence-corrected chi connectivity index (χ2v) is 10.4. The van der Waals surface area contributed by atoms with E-state index in [0.717, 1.165) is 31.2 Å². The van der Waals surface area contributed by atoms with Crippen molar-refractivity contribution in [3.05, 3.63) is 53.1 Å². The van der Waals surface area contributed by atoms with E-state index < -0.39 is 10.0 Å². The molecule has 166 valence electrons. The Labute approximate surface area is 188 Å². The Morgan fingerprint density at radius 2 is 1.84 bits per heavy atom. The lowest BCUT2D eigenvalue weighted by atomic mass is 10.1. The summed E-state index contributed by atoms with van der Waals surface area (Å²) in [6, 6.07) is 12.1. The van der Waals surface area contributed by atoms with Gasteiger partial charge in [0.1, 0.15) is 5.75 Å². The number of halogens is 1. The largest absolute Gasteiger partial charge is 0.482 e. The molecule has 1 heterocycles. The van der Waals surface area contributed by atoms with Crippen LogP contribution in [0.3, 0.4) is 0 Å². The van der Waals surface area contributed by atoms with E-state index in [1.807, 2.05) is 24.3 Å². The summed E-state index contributed by atoms with van der Waals surface area (Å²) in [7, 11) is -3.73. The normalized spacial score (nSPS) is 17.1. The molecular formula is C23H27ClN2O4S. The van der Waals surface area contributed by atoms with E-state index in [2.05, 4.69) is 5.32 Å². The second kappa shape index (κ2) is 9.49. The van der Waals surface area contributed by atoms with E-state index in [-0.39, 0.29) is 28.5 Å². The minimum Gasteiger partial charge on any atom is -0.482 e. The first kappa shape index (κ1) is 22.0. The summed E-state index contributed by atoms with van der Waals surface area (Å²) in [5.41, 5.74) is 1.71. The van der Waals surface area contributed by atoms with Crippen molar-refractivity contribution in [3.63, 3.8) is 0 Å². The highest BCUT2D eigenvalue weighted by Crippen LogP contribution is 2.35. The molecule has 4 rings (SSSR count). The zero-order chi connectivity index (χ0) is 21.8. The van der Waals surface area contributed by atoms with Crippen molar-refractivity contribution in [2.24, 2.45) is 0 Å². The minimum atomic E-state index is -3.73. The number of nitrogens with zero attached hydrogens (tertiary/aromatic N) is 1. The number of hydrogen-bond donors (Lipinski definition) is 1. The Bertz CT molecular complexity index is 1050. The van der Waals surface area contributed by atoms with E-state index in [1.54, 1.807) is 0 Å². The quantitative estimate of drug-likeness (QED) is 0.649. The van der Waals surface area contributed by atoms with Crippen molar-refractivity contribution in [3.8, 4) is 5.75 Å². The molecule has 1 amide bonds. The molecule has 0 saturated heterocycles. The number of ether oxygens (including phenoxy) is 1. The van der Waals surface area contributed by atoms with Gasteiger partial charge in [-0.1, -0.05) is 55.5 Å².